The van der Waals surface area contributed by atoms with Crippen molar-refractivity contribution in [3.05, 3.63) is 34.4 Å². The van der Waals surface area contributed by atoms with Crippen molar-refractivity contribution in [2.24, 2.45) is 0 Å². The van der Waals surface area contributed by atoms with E-state index in [1.54, 1.807) is 13.0 Å². The molecule has 0 radical (unpaired) electrons. The van der Waals surface area contributed by atoms with E-state index in [4.69, 9.17) is 0 Å². The Labute approximate surface area is 141 Å². The minimum absolute atomic E-state index is 0.00753. The maximum atomic E-state index is 12.5. The van der Waals surface area contributed by atoms with E-state index in [-0.39, 0.29) is 17.1 Å². The fraction of sp³-hybridized carbons (Fsp3) is 0.533. The van der Waals surface area contributed by atoms with E-state index >= 15 is 0 Å². The molecule has 0 bridgehead atoms. The Morgan fingerprint density at radius 1 is 1.42 bits per heavy atom. The van der Waals surface area contributed by atoms with E-state index in [1.165, 1.54) is 22.5 Å². The summed E-state index contributed by atoms with van der Waals surface area (Å²) < 4.78 is 26.0. The summed E-state index contributed by atoms with van der Waals surface area (Å²) in [7, 11) is -3.48. The molecule has 1 amide bonds. The number of non-ortho nitro benzene ring substituents is 1. The predicted octanol–water partition coefficient (Wildman–Crippen LogP) is 2.13. The summed E-state index contributed by atoms with van der Waals surface area (Å²) in [5.74, 6) is -0.442. The number of hydrogen-bond donors (Lipinski definition) is 1. The van der Waals surface area contributed by atoms with E-state index < -0.39 is 26.9 Å². The smallest absolute Gasteiger partial charge is 0.271 e. The molecule has 0 spiro atoms. The summed E-state index contributed by atoms with van der Waals surface area (Å²) in [4.78, 5) is 22.8. The zero-order valence-electron chi connectivity index (χ0n) is 13.5. The molecule has 1 heterocycles. The average molecular weight is 355 g/mol. The van der Waals surface area contributed by atoms with Crippen LogP contribution in [0.4, 0.5) is 11.4 Å². The lowest BCUT2D eigenvalue weighted by molar-refractivity contribution is -0.384. The zero-order chi connectivity index (χ0) is 17.7. The average Bonchev–Trinajstić information content (AvgIpc) is 2.55. The monoisotopic (exact) mass is 355 g/mol. The Morgan fingerprint density at radius 2 is 2.17 bits per heavy atom. The molecule has 1 unspecified atom stereocenters. The number of carbonyl (C=O) groups is 1. The molecule has 0 saturated carbocycles. The van der Waals surface area contributed by atoms with Gasteiger partial charge in [0, 0.05) is 24.4 Å². The number of carbonyl (C=O) groups excluding carboxylic acids is 1. The van der Waals surface area contributed by atoms with E-state index in [1.807, 2.05) is 0 Å². The number of hydrogen-bond acceptors (Lipinski definition) is 5. The van der Waals surface area contributed by atoms with Gasteiger partial charge in [0.05, 0.1) is 10.7 Å². The van der Waals surface area contributed by atoms with Crippen molar-refractivity contribution in [3.63, 3.8) is 0 Å². The van der Waals surface area contributed by atoms with Crippen LogP contribution < -0.4 is 5.32 Å². The molecule has 1 fully saturated rings. The third-order valence-electron chi connectivity index (χ3n) is 3.90. The normalized spacial score (nSPS) is 19.0. The maximum absolute atomic E-state index is 12.5. The van der Waals surface area contributed by atoms with Gasteiger partial charge in [0.1, 0.15) is 6.04 Å². The molecule has 1 saturated heterocycles. The van der Waals surface area contributed by atoms with Gasteiger partial charge < -0.3 is 5.32 Å². The van der Waals surface area contributed by atoms with Crippen molar-refractivity contribution in [3.8, 4) is 0 Å². The maximum Gasteiger partial charge on any atom is 0.271 e. The van der Waals surface area contributed by atoms with E-state index in [0.29, 0.717) is 19.4 Å². The van der Waals surface area contributed by atoms with Crippen LogP contribution in [0.25, 0.3) is 0 Å². The number of anilines is 1. The molecule has 1 atom stereocenters. The number of amides is 1. The standard InChI is InChI=1S/C15H21N3O5S/c1-2-10-24(22,23)17-9-4-3-8-14(17)15(19)16-12-6-5-7-13(11-12)18(20)21/h5-7,11,14H,2-4,8-10H2,1H3,(H,16,19). The molecule has 24 heavy (non-hydrogen) atoms. The highest BCUT2D eigenvalue weighted by molar-refractivity contribution is 7.89. The van der Waals surface area contributed by atoms with Crippen molar-refractivity contribution in [2.75, 3.05) is 17.6 Å². The molecule has 0 aliphatic carbocycles. The number of nitro benzene ring substituents is 1. The predicted molar refractivity (Wildman–Crippen MR) is 90.1 cm³/mol. The fourth-order valence-corrected chi connectivity index (χ4v) is 4.54. The largest absolute Gasteiger partial charge is 0.324 e. The number of nitrogens with zero attached hydrogens (tertiary/aromatic N) is 2. The lowest BCUT2D eigenvalue weighted by Crippen LogP contribution is -2.50. The topological polar surface area (TPSA) is 110 Å². The summed E-state index contributed by atoms with van der Waals surface area (Å²) >= 11 is 0. The fourth-order valence-electron chi connectivity index (χ4n) is 2.80. The minimum atomic E-state index is -3.48. The second kappa shape index (κ2) is 7.71. The van der Waals surface area contributed by atoms with Gasteiger partial charge >= 0.3 is 0 Å². The summed E-state index contributed by atoms with van der Waals surface area (Å²) in [5, 5.41) is 13.4. The first-order valence-electron chi connectivity index (χ1n) is 7.90. The van der Waals surface area contributed by atoms with Crippen LogP contribution in [0.5, 0.6) is 0 Å². The van der Waals surface area contributed by atoms with Crippen molar-refractivity contribution in [1.29, 1.82) is 0 Å². The second-order valence-electron chi connectivity index (χ2n) is 5.73. The van der Waals surface area contributed by atoms with Gasteiger partial charge in [-0.1, -0.05) is 19.4 Å². The van der Waals surface area contributed by atoms with Crippen LogP contribution in [0.15, 0.2) is 24.3 Å². The number of rotatable bonds is 6. The minimum Gasteiger partial charge on any atom is -0.324 e. The lowest BCUT2D eigenvalue weighted by atomic mass is 10.0. The van der Waals surface area contributed by atoms with Gasteiger partial charge in [-0.3, -0.25) is 14.9 Å². The van der Waals surface area contributed by atoms with Crippen LogP contribution in [0.2, 0.25) is 0 Å². The lowest BCUT2D eigenvalue weighted by Gasteiger charge is -2.33. The van der Waals surface area contributed by atoms with Crippen LogP contribution >= 0.6 is 0 Å². The van der Waals surface area contributed by atoms with Gasteiger partial charge in [-0.05, 0) is 25.3 Å². The highest BCUT2D eigenvalue weighted by Gasteiger charge is 2.36. The Bertz CT molecular complexity index is 720. The number of nitrogens with one attached hydrogen (secondary N) is 1. The number of piperidine rings is 1. The quantitative estimate of drug-likeness (QED) is 0.621. The highest BCUT2D eigenvalue weighted by atomic mass is 32.2. The SMILES string of the molecule is CCCS(=O)(=O)N1CCCCC1C(=O)Nc1cccc([N+](=O)[O-])c1. The van der Waals surface area contributed by atoms with Crippen molar-refractivity contribution >= 4 is 27.3 Å². The molecule has 8 nitrogen and oxygen atoms in total. The molecule has 1 aromatic carbocycles. The molecular formula is C15H21N3O5S. The van der Waals surface area contributed by atoms with Gasteiger partial charge in [-0.25, -0.2) is 8.42 Å². The van der Waals surface area contributed by atoms with Gasteiger partial charge in [0.15, 0.2) is 0 Å². The van der Waals surface area contributed by atoms with Gasteiger partial charge in [0.2, 0.25) is 15.9 Å². The van der Waals surface area contributed by atoms with E-state index in [0.717, 1.165) is 12.8 Å². The van der Waals surface area contributed by atoms with Gasteiger partial charge in [0.25, 0.3) is 5.69 Å². The van der Waals surface area contributed by atoms with Crippen LogP contribution in [-0.2, 0) is 14.8 Å². The molecule has 1 N–H and O–H groups in total. The highest BCUT2D eigenvalue weighted by Crippen LogP contribution is 2.24. The summed E-state index contributed by atoms with van der Waals surface area (Å²) in [5.41, 5.74) is 0.152. The molecular weight excluding hydrogens is 334 g/mol. The Balaban J connectivity index is 2.17. The molecule has 9 heteroatoms. The molecule has 2 rings (SSSR count). The third-order valence-corrected chi connectivity index (χ3v) is 5.98. The van der Waals surface area contributed by atoms with Crippen LogP contribution in [0.1, 0.15) is 32.6 Å². The van der Waals surface area contributed by atoms with Crippen molar-refractivity contribution in [2.45, 2.75) is 38.6 Å². The number of nitro groups is 1. The first kappa shape index (κ1) is 18.3. The summed E-state index contributed by atoms with van der Waals surface area (Å²) in [6.07, 6.45) is 2.43. The molecule has 1 aliphatic heterocycles. The van der Waals surface area contributed by atoms with Crippen molar-refractivity contribution in [1.82, 2.24) is 4.31 Å². The van der Waals surface area contributed by atoms with E-state index in [9.17, 15) is 23.3 Å². The number of benzene rings is 1. The van der Waals surface area contributed by atoms with Crippen LogP contribution in [-0.4, -0.2) is 41.9 Å². The number of sulfonamides is 1. The zero-order valence-corrected chi connectivity index (χ0v) is 14.3. The third kappa shape index (κ3) is 4.30. The molecule has 132 valence electrons. The molecule has 1 aromatic rings. The van der Waals surface area contributed by atoms with Gasteiger partial charge in [-0.2, -0.15) is 4.31 Å². The second-order valence-corrected chi connectivity index (χ2v) is 7.78. The summed E-state index contributed by atoms with van der Waals surface area (Å²) in [6.45, 7) is 2.11. The van der Waals surface area contributed by atoms with Crippen LogP contribution in [0, 0.1) is 10.1 Å². The Morgan fingerprint density at radius 3 is 2.83 bits per heavy atom. The molecule has 0 aromatic heterocycles. The Kier molecular flexibility index (Phi) is 5.89. The molecule has 1 aliphatic rings. The Hall–Kier alpha value is -2.00. The van der Waals surface area contributed by atoms with Crippen LogP contribution in [0.3, 0.4) is 0 Å². The first-order chi connectivity index (χ1) is 11.3. The summed E-state index contributed by atoms with van der Waals surface area (Å²) in [6, 6.07) is 4.83. The van der Waals surface area contributed by atoms with E-state index in [2.05, 4.69) is 5.32 Å². The van der Waals surface area contributed by atoms with Gasteiger partial charge in [-0.15, -0.1) is 0 Å². The van der Waals surface area contributed by atoms with Crippen molar-refractivity contribution < 1.29 is 18.1 Å². The first-order valence-corrected chi connectivity index (χ1v) is 9.51.